The molecule has 0 saturated carbocycles. The van der Waals surface area contributed by atoms with Crippen molar-refractivity contribution in [2.45, 2.75) is 0 Å². The Balaban J connectivity index is 2.26. The zero-order valence-corrected chi connectivity index (χ0v) is 11.0. The average Bonchev–Trinajstić information content (AvgIpc) is 2.49. The Morgan fingerprint density at radius 3 is 1.84 bits per heavy atom. The Bertz CT molecular complexity index is 485. The summed E-state index contributed by atoms with van der Waals surface area (Å²) in [5, 5.41) is 0. The van der Waals surface area contributed by atoms with Gasteiger partial charge in [-0.15, -0.1) is 6.58 Å². The number of ether oxygens (including phenoxy) is 1. The van der Waals surface area contributed by atoms with Crippen molar-refractivity contribution in [1.82, 2.24) is 0 Å². The molecule has 0 saturated heterocycles. The highest BCUT2D eigenvalue weighted by Gasteiger charge is 2.03. The molecule has 1 heteroatoms. The predicted octanol–water partition coefficient (Wildman–Crippen LogP) is 4.32. The van der Waals surface area contributed by atoms with E-state index in [0.29, 0.717) is 13.2 Å². The molecule has 0 aliphatic carbocycles. The molecule has 2 aromatic rings. The molecular formula is C18H18O. The third-order valence-electron chi connectivity index (χ3n) is 2.81. The van der Waals surface area contributed by atoms with E-state index < -0.39 is 0 Å². The van der Waals surface area contributed by atoms with Gasteiger partial charge in [0.15, 0.2) is 0 Å². The maximum absolute atomic E-state index is 5.46. The molecule has 2 aromatic carbocycles. The van der Waals surface area contributed by atoms with Crippen LogP contribution in [0.4, 0.5) is 0 Å². The van der Waals surface area contributed by atoms with Gasteiger partial charge in [0.2, 0.25) is 0 Å². The number of hydrogen-bond acceptors (Lipinski definition) is 1. The molecular weight excluding hydrogens is 232 g/mol. The number of benzene rings is 2. The first-order chi connectivity index (χ1) is 9.42. The monoisotopic (exact) mass is 250 g/mol. The van der Waals surface area contributed by atoms with Crippen molar-refractivity contribution in [1.29, 1.82) is 0 Å². The first-order valence-corrected chi connectivity index (χ1v) is 6.41. The fraction of sp³-hybridized carbons (Fsp3) is 0.111. The highest BCUT2D eigenvalue weighted by atomic mass is 16.5. The first-order valence-electron chi connectivity index (χ1n) is 6.41. The van der Waals surface area contributed by atoms with Gasteiger partial charge in [-0.2, -0.15) is 0 Å². The van der Waals surface area contributed by atoms with E-state index in [1.807, 2.05) is 12.1 Å². The van der Waals surface area contributed by atoms with Crippen LogP contribution in [0.1, 0.15) is 11.1 Å². The molecule has 1 nitrogen and oxygen atoms in total. The van der Waals surface area contributed by atoms with E-state index in [1.165, 1.54) is 16.7 Å². The van der Waals surface area contributed by atoms with Crippen LogP contribution in [0.3, 0.4) is 0 Å². The molecule has 0 aliphatic rings. The SMILES string of the molecule is C=CCOCC=C(c1ccccc1)c1ccccc1. The van der Waals surface area contributed by atoms with Gasteiger partial charge in [-0.25, -0.2) is 0 Å². The Hall–Kier alpha value is -2.12. The highest BCUT2D eigenvalue weighted by molar-refractivity contribution is 5.79. The minimum Gasteiger partial charge on any atom is -0.373 e. The maximum atomic E-state index is 5.46. The fourth-order valence-corrected chi connectivity index (χ4v) is 1.93. The second kappa shape index (κ2) is 7.34. The quantitative estimate of drug-likeness (QED) is 0.548. The molecule has 0 heterocycles. The van der Waals surface area contributed by atoms with Gasteiger partial charge in [0.1, 0.15) is 0 Å². The van der Waals surface area contributed by atoms with Crippen LogP contribution in [0.5, 0.6) is 0 Å². The molecule has 19 heavy (non-hydrogen) atoms. The molecule has 0 atom stereocenters. The van der Waals surface area contributed by atoms with E-state index in [0.717, 1.165) is 0 Å². The van der Waals surface area contributed by atoms with Crippen molar-refractivity contribution in [2.24, 2.45) is 0 Å². The summed E-state index contributed by atoms with van der Waals surface area (Å²) in [5.41, 5.74) is 3.61. The van der Waals surface area contributed by atoms with Gasteiger partial charge in [-0.1, -0.05) is 72.8 Å². The Morgan fingerprint density at radius 2 is 1.37 bits per heavy atom. The van der Waals surface area contributed by atoms with Crippen LogP contribution in [0, 0.1) is 0 Å². The summed E-state index contributed by atoms with van der Waals surface area (Å²) in [6.45, 7) is 4.81. The maximum Gasteiger partial charge on any atom is 0.0660 e. The summed E-state index contributed by atoms with van der Waals surface area (Å²) in [4.78, 5) is 0. The molecule has 0 aromatic heterocycles. The summed E-state index contributed by atoms with van der Waals surface area (Å²) in [5.74, 6) is 0. The normalized spacial score (nSPS) is 9.89. The molecule has 0 amide bonds. The standard InChI is InChI=1S/C18H18O/c1-2-14-19-15-13-18(16-9-5-3-6-10-16)17-11-7-4-8-12-17/h2-13H,1,14-15H2. The lowest BCUT2D eigenvalue weighted by Gasteiger charge is -2.08. The third-order valence-corrected chi connectivity index (χ3v) is 2.81. The van der Waals surface area contributed by atoms with Crippen LogP contribution in [0.2, 0.25) is 0 Å². The van der Waals surface area contributed by atoms with E-state index in [4.69, 9.17) is 4.74 Å². The summed E-state index contributed by atoms with van der Waals surface area (Å²) < 4.78 is 5.46. The largest absolute Gasteiger partial charge is 0.373 e. The van der Waals surface area contributed by atoms with E-state index in [-0.39, 0.29) is 0 Å². The molecule has 0 unspecified atom stereocenters. The summed E-state index contributed by atoms with van der Waals surface area (Å²) in [6.07, 6.45) is 3.88. The Kier molecular flexibility index (Phi) is 5.15. The average molecular weight is 250 g/mol. The molecule has 0 radical (unpaired) electrons. The minimum atomic E-state index is 0.577. The minimum absolute atomic E-state index is 0.577. The molecule has 0 N–H and O–H groups in total. The number of hydrogen-bond donors (Lipinski definition) is 0. The van der Waals surface area contributed by atoms with Gasteiger partial charge in [-0.05, 0) is 16.7 Å². The molecule has 0 spiro atoms. The lowest BCUT2D eigenvalue weighted by molar-refractivity contribution is 0.194. The summed E-state index contributed by atoms with van der Waals surface area (Å²) in [6, 6.07) is 20.7. The van der Waals surface area contributed by atoms with Gasteiger partial charge < -0.3 is 4.74 Å². The number of rotatable bonds is 6. The van der Waals surface area contributed by atoms with E-state index in [2.05, 4.69) is 61.2 Å². The molecule has 0 aliphatic heterocycles. The molecule has 96 valence electrons. The Morgan fingerprint density at radius 1 is 0.842 bits per heavy atom. The molecule has 0 fully saturated rings. The second-order valence-electron chi connectivity index (χ2n) is 4.18. The highest BCUT2D eigenvalue weighted by Crippen LogP contribution is 2.22. The second-order valence-corrected chi connectivity index (χ2v) is 4.18. The third kappa shape index (κ3) is 3.94. The zero-order valence-electron chi connectivity index (χ0n) is 11.0. The fourth-order valence-electron chi connectivity index (χ4n) is 1.93. The lowest BCUT2D eigenvalue weighted by atomic mass is 9.98. The van der Waals surface area contributed by atoms with Crippen molar-refractivity contribution in [3.63, 3.8) is 0 Å². The topological polar surface area (TPSA) is 9.23 Å². The first kappa shape index (κ1) is 13.3. The lowest BCUT2D eigenvalue weighted by Crippen LogP contribution is -1.94. The van der Waals surface area contributed by atoms with Crippen LogP contribution in [0.25, 0.3) is 5.57 Å². The predicted molar refractivity (Wildman–Crippen MR) is 81.0 cm³/mol. The van der Waals surface area contributed by atoms with E-state index in [1.54, 1.807) is 6.08 Å². The van der Waals surface area contributed by atoms with E-state index in [9.17, 15) is 0 Å². The van der Waals surface area contributed by atoms with Gasteiger partial charge >= 0.3 is 0 Å². The van der Waals surface area contributed by atoms with Gasteiger partial charge in [-0.3, -0.25) is 0 Å². The van der Waals surface area contributed by atoms with Gasteiger partial charge in [0.25, 0.3) is 0 Å². The van der Waals surface area contributed by atoms with Crippen molar-refractivity contribution in [2.75, 3.05) is 13.2 Å². The van der Waals surface area contributed by atoms with Crippen molar-refractivity contribution < 1.29 is 4.74 Å². The Labute approximate surface area is 114 Å². The van der Waals surface area contributed by atoms with Crippen LogP contribution >= 0.6 is 0 Å². The van der Waals surface area contributed by atoms with Crippen LogP contribution in [0.15, 0.2) is 79.4 Å². The van der Waals surface area contributed by atoms with Crippen LogP contribution in [-0.4, -0.2) is 13.2 Å². The van der Waals surface area contributed by atoms with Crippen molar-refractivity contribution in [3.05, 3.63) is 90.5 Å². The summed E-state index contributed by atoms with van der Waals surface area (Å²) in [7, 11) is 0. The van der Waals surface area contributed by atoms with Gasteiger partial charge in [0.05, 0.1) is 13.2 Å². The smallest absolute Gasteiger partial charge is 0.0660 e. The molecule has 2 rings (SSSR count). The zero-order chi connectivity index (χ0) is 13.3. The van der Waals surface area contributed by atoms with Crippen LogP contribution < -0.4 is 0 Å². The summed E-state index contributed by atoms with van der Waals surface area (Å²) >= 11 is 0. The van der Waals surface area contributed by atoms with Crippen LogP contribution in [-0.2, 0) is 4.74 Å². The van der Waals surface area contributed by atoms with Crippen molar-refractivity contribution >= 4 is 5.57 Å². The molecule has 0 bridgehead atoms. The van der Waals surface area contributed by atoms with Crippen molar-refractivity contribution in [3.8, 4) is 0 Å². The van der Waals surface area contributed by atoms with Gasteiger partial charge in [0, 0.05) is 0 Å². The van der Waals surface area contributed by atoms with E-state index >= 15 is 0 Å².